The predicted octanol–water partition coefficient (Wildman–Crippen LogP) is 3.56. The van der Waals surface area contributed by atoms with E-state index in [1.807, 2.05) is 19.1 Å². The third-order valence-corrected chi connectivity index (χ3v) is 5.70. The second kappa shape index (κ2) is 8.62. The Morgan fingerprint density at radius 2 is 2.19 bits per heavy atom. The summed E-state index contributed by atoms with van der Waals surface area (Å²) in [6, 6.07) is 3.76. The van der Waals surface area contributed by atoms with Crippen LogP contribution < -0.4 is 0 Å². The third kappa shape index (κ3) is 3.90. The Bertz CT molecular complexity index is 743. The van der Waals surface area contributed by atoms with Gasteiger partial charge in [-0.25, -0.2) is 4.79 Å². The van der Waals surface area contributed by atoms with Crippen molar-refractivity contribution in [3.8, 4) is 0 Å². The average molecular weight is 372 g/mol. The minimum absolute atomic E-state index is 0.156. The lowest BCUT2D eigenvalue weighted by Crippen LogP contribution is -2.39. The fourth-order valence-electron chi connectivity index (χ4n) is 3.72. The highest BCUT2D eigenvalue weighted by molar-refractivity contribution is 7.99. The Kier molecular flexibility index (Phi) is 6.25. The number of hydrogen-bond donors (Lipinski definition) is 0. The highest BCUT2D eigenvalue weighted by Gasteiger charge is 2.43. The maximum Gasteiger partial charge on any atom is 0.336 e. The maximum atomic E-state index is 12.8. The van der Waals surface area contributed by atoms with Crippen LogP contribution in [0.1, 0.15) is 44.6 Å². The highest BCUT2D eigenvalue weighted by atomic mass is 32.2. The number of rotatable bonds is 6. The number of thioether (sulfide) groups is 1. The van der Waals surface area contributed by atoms with Gasteiger partial charge in [0.05, 0.1) is 11.5 Å². The van der Waals surface area contributed by atoms with Crippen LogP contribution in [0.5, 0.6) is 0 Å². The van der Waals surface area contributed by atoms with Crippen LogP contribution in [-0.2, 0) is 14.3 Å². The van der Waals surface area contributed by atoms with Gasteiger partial charge in [0.15, 0.2) is 0 Å². The molecule has 138 valence electrons. The number of esters is 1. The van der Waals surface area contributed by atoms with E-state index in [0.717, 1.165) is 35.6 Å². The van der Waals surface area contributed by atoms with E-state index in [1.165, 1.54) is 0 Å². The first-order valence-electron chi connectivity index (χ1n) is 9.09. The molecule has 1 aliphatic carbocycles. The molecule has 1 saturated carbocycles. The van der Waals surface area contributed by atoms with Crippen LogP contribution >= 0.6 is 11.8 Å². The SMILES string of the molecule is CCSCCOC(=O)C1=C(C)N=C2CCCC(=O)[C@@H]2[C@@H]1c1cccnc1. The summed E-state index contributed by atoms with van der Waals surface area (Å²) < 4.78 is 5.50. The first-order valence-corrected chi connectivity index (χ1v) is 10.2. The molecular formula is C20H24N2O3S. The smallest absolute Gasteiger partial charge is 0.336 e. The molecule has 0 saturated heterocycles. The summed E-state index contributed by atoms with van der Waals surface area (Å²) in [6.07, 6.45) is 5.60. The van der Waals surface area contributed by atoms with Gasteiger partial charge in [0.1, 0.15) is 12.4 Å². The molecule has 1 aromatic rings. The molecule has 2 heterocycles. The van der Waals surface area contributed by atoms with E-state index < -0.39 is 0 Å². The second-order valence-electron chi connectivity index (χ2n) is 6.50. The summed E-state index contributed by atoms with van der Waals surface area (Å²) in [5.41, 5.74) is 2.93. The molecule has 5 nitrogen and oxygen atoms in total. The number of carbonyl (C=O) groups excluding carboxylic acids is 2. The molecule has 1 aliphatic heterocycles. The molecule has 2 atom stereocenters. The normalized spacial score (nSPS) is 22.7. The number of aliphatic imine (C=N–C) groups is 1. The molecule has 0 radical (unpaired) electrons. The van der Waals surface area contributed by atoms with Crippen LogP contribution in [0.4, 0.5) is 0 Å². The predicted molar refractivity (Wildman–Crippen MR) is 103 cm³/mol. The second-order valence-corrected chi connectivity index (χ2v) is 7.89. The summed E-state index contributed by atoms with van der Waals surface area (Å²) in [6.45, 7) is 4.27. The van der Waals surface area contributed by atoms with Crippen LogP contribution in [-0.4, -0.2) is 40.6 Å². The van der Waals surface area contributed by atoms with E-state index in [1.54, 1.807) is 24.2 Å². The van der Waals surface area contributed by atoms with Crippen molar-refractivity contribution in [3.63, 3.8) is 0 Å². The first kappa shape index (κ1) is 18.8. The van der Waals surface area contributed by atoms with Gasteiger partial charge < -0.3 is 4.74 Å². The molecule has 3 rings (SSSR count). The lowest BCUT2D eigenvalue weighted by molar-refractivity contribution is -0.139. The number of pyridine rings is 1. The molecule has 0 spiro atoms. The molecule has 0 bridgehead atoms. The van der Waals surface area contributed by atoms with Crippen LogP contribution in [0, 0.1) is 5.92 Å². The number of nitrogens with zero attached hydrogens (tertiary/aromatic N) is 2. The minimum Gasteiger partial charge on any atom is -0.461 e. The highest BCUT2D eigenvalue weighted by Crippen LogP contribution is 2.42. The molecule has 0 unspecified atom stereocenters. The first-order chi connectivity index (χ1) is 12.6. The average Bonchev–Trinajstić information content (AvgIpc) is 2.65. The zero-order chi connectivity index (χ0) is 18.5. The van der Waals surface area contributed by atoms with Crippen LogP contribution in [0.15, 0.2) is 40.8 Å². The topological polar surface area (TPSA) is 68.6 Å². The van der Waals surface area contributed by atoms with Gasteiger partial charge in [0.25, 0.3) is 0 Å². The lowest BCUT2D eigenvalue weighted by atomic mass is 9.70. The summed E-state index contributed by atoms with van der Waals surface area (Å²) >= 11 is 1.73. The number of Topliss-reactive ketones (excluding diaryl/α,β-unsaturated/α-hetero) is 1. The maximum absolute atomic E-state index is 12.8. The van der Waals surface area contributed by atoms with Crippen molar-refractivity contribution in [3.05, 3.63) is 41.4 Å². The molecule has 0 amide bonds. The van der Waals surface area contributed by atoms with Crippen LogP contribution in [0.25, 0.3) is 0 Å². The van der Waals surface area contributed by atoms with Crippen molar-refractivity contribution in [1.29, 1.82) is 0 Å². The van der Waals surface area contributed by atoms with Gasteiger partial charge in [-0.2, -0.15) is 11.8 Å². The Morgan fingerprint density at radius 1 is 1.35 bits per heavy atom. The molecule has 0 aromatic carbocycles. The fourth-order valence-corrected chi connectivity index (χ4v) is 4.21. The number of fused-ring (bicyclic) bond motifs is 1. The van der Waals surface area contributed by atoms with Gasteiger partial charge in [-0.15, -0.1) is 0 Å². The molecule has 0 N–H and O–H groups in total. The van der Waals surface area contributed by atoms with Crippen molar-refractivity contribution < 1.29 is 14.3 Å². The van der Waals surface area contributed by atoms with E-state index in [2.05, 4.69) is 16.9 Å². The van der Waals surface area contributed by atoms with E-state index >= 15 is 0 Å². The standard InChI is InChI=1S/C20H24N2O3S/c1-3-26-11-10-25-20(24)17-13(2)22-15-7-4-8-16(23)19(15)18(17)14-6-5-9-21-12-14/h5-6,9,12,18-19H,3-4,7-8,10-11H2,1-2H3/t18-,19-/m1/s1. The Hall–Kier alpha value is -1.95. The largest absolute Gasteiger partial charge is 0.461 e. The summed E-state index contributed by atoms with van der Waals surface area (Å²) in [5, 5.41) is 0. The summed E-state index contributed by atoms with van der Waals surface area (Å²) in [7, 11) is 0. The quantitative estimate of drug-likeness (QED) is 0.564. The molecular weight excluding hydrogens is 348 g/mol. The third-order valence-electron chi connectivity index (χ3n) is 4.84. The molecule has 1 fully saturated rings. The zero-order valence-corrected chi connectivity index (χ0v) is 16.1. The van der Waals surface area contributed by atoms with Crippen molar-refractivity contribution in [2.45, 2.75) is 39.0 Å². The zero-order valence-electron chi connectivity index (χ0n) is 15.2. The molecule has 6 heteroatoms. The number of carbonyl (C=O) groups is 2. The van der Waals surface area contributed by atoms with E-state index in [4.69, 9.17) is 4.74 Å². The van der Waals surface area contributed by atoms with Gasteiger partial charge in [0, 0.05) is 41.9 Å². The molecule has 1 aromatic heterocycles. The van der Waals surface area contributed by atoms with E-state index in [-0.39, 0.29) is 23.6 Å². The monoisotopic (exact) mass is 372 g/mol. The van der Waals surface area contributed by atoms with Crippen LogP contribution in [0.3, 0.4) is 0 Å². The van der Waals surface area contributed by atoms with Crippen molar-refractivity contribution >= 4 is 29.2 Å². The van der Waals surface area contributed by atoms with Gasteiger partial charge in [-0.3, -0.25) is 14.8 Å². The molecule has 2 aliphatic rings. The lowest BCUT2D eigenvalue weighted by Gasteiger charge is -2.35. The van der Waals surface area contributed by atoms with Crippen molar-refractivity contribution in [2.75, 3.05) is 18.1 Å². The number of ether oxygens (including phenoxy) is 1. The fraction of sp³-hybridized carbons (Fsp3) is 0.500. The van der Waals surface area contributed by atoms with Crippen molar-refractivity contribution in [1.82, 2.24) is 4.98 Å². The Labute approximate surface area is 158 Å². The van der Waals surface area contributed by atoms with Gasteiger partial charge in [-0.05, 0) is 37.1 Å². The van der Waals surface area contributed by atoms with E-state index in [0.29, 0.717) is 24.3 Å². The number of ketones is 1. The number of hydrogen-bond acceptors (Lipinski definition) is 6. The number of aromatic nitrogens is 1. The van der Waals surface area contributed by atoms with Gasteiger partial charge in [0.2, 0.25) is 0 Å². The van der Waals surface area contributed by atoms with E-state index in [9.17, 15) is 9.59 Å². The minimum atomic E-state index is -0.371. The van der Waals surface area contributed by atoms with Gasteiger partial charge >= 0.3 is 5.97 Å². The molecule has 26 heavy (non-hydrogen) atoms. The Balaban J connectivity index is 1.96. The number of allylic oxidation sites excluding steroid dienone is 1. The summed E-state index contributed by atoms with van der Waals surface area (Å²) in [5.74, 6) is 0.821. The van der Waals surface area contributed by atoms with Crippen LogP contribution in [0.2, 0.25) is 0 Å². The Morgan fingerprint density at radius 3 is 2.92 bits per heavy atom. The van der Waals surface area contributed by atoms with Crippen molar-refractivity contribution in [2.24, 2.45) is 10.9 Å². The van der Waals surface area contributed by atoms with Gasteiger partial charge in [-0.1, -0.05) is 13.0 Å². The summed E-state index contributed by atoms with van der Waals surface area (Å²) in [4.78, 5) is 34.4.